The fraction of sp³-hybridized carbons (Fsp3) is 0.406. The van der Waals surface area contributed by atoms with Crippen LogP contribution < -0.4 is 9.64 Å². The molecule has 12 heteroatoms. The van der Waals surface area contributed by atoms with Gasteiger partial charge in [0.15, 0.2) is 17.0 Å². The van der Waals surface area contributed by atoms with E-state index in [-0.39, 0.29) is 24.9 Å². The van der Waals surface area contributed by atoms with Crippen LogP contribution in [0.4, 0.5) is 22.0 Å². The molecule has 2 aromatic heterocycles. The maximum Gasteiger partial charge on any atom is 0.426 e. The van der Waals surface area contributed by atoms with Gasteiger partial charge >= 0.3 is 12.1 Å². The molecule has 5 rings (SSSR count). The molecule has 0 spiro atoms. The second-order valence-corrected chi connectivity index (χ2v) is 10.6. The molecule has 0 radical (unpaired) electrons. The minimum atomic E-state index is -0.852. The number of ether oxygens (including phenoxy) is 2. The molecule has 232 valence electrons. The normalized spacial score (nSPS) is 18.2. The molecule has 1 fully saturated rings. The summed E-state index contributed by atoms with van der Waals surface area (Å²) >= 11 is 0. The number of carbonyl (C=O) groups is 1. The molecule has 1 aliphatic heterocycles. The van der Waals surface area contributed by atoms with Crippen LogP contribution in [0.3, 0.4) is 0 Å². The predicted octanol–water partition coefficient (Wildman–Crippen LogP) is 5.37. The van der Waals surface area contributed by atoms with Gasteiger partial charge in [-0.2, -0.15) is 9.97 Å². The Hall–Kier alpha value is -4.39. The van der Waals surface area contributed by atoms with E-state index in [0.29, 0.717) is 22.5 Å². The zero-order valence-electron chi connectivity index (χ0n) is 25.1. The number of hydrogen-bond donors (Lipinski definition) is 2. The first-order chi connectivity index (χ1) is 21.5. The lowest BCUT2D eigenvalue weighted by Gasteiger charge is -2.21. The monoisotopic (exact) mass is 601 g/mol. The number of anilines is 2. The summed E-state index contributed by atoms with van der Waals surface area (Å²) in [4.78, 5) is 35.6. The maximum atomic E-state index is 13.7. The van der Waals surface area contributed by atoms with Crippen molar-refractivity contribution in [2.45, 2.75) is 64.4 Å². The Kier molecular flexibility index (Phi) is 10.5. The van der Waals surface area contributed by atoms with E-state index >= 15 is 0 Å². The third-order valence-electron chi connectivity index (χ3n) is 7.41. The summed E-state index contributed by atoms with van der Waals surface area (Å²) in [6, 6.07) is 18.1. The van der Waals surface area contributed by atoms with Crippen molar-refractivity contribution >= 4 is 40.8 Å². The number of aliphatic hydroxyl groups excluding tert-OH is 2. The number of nitrogens with zero attached hydrogens (tertiary/aromatic N) is 7. The van der Waals surface area contributed by atoms with E-state index in [2.05, 4.69) is 33.7 Å². The minimum absolute atomic E-state index is 0.209. The molecule has 1 saturated heterocycles. The number of benzene rings is 2. The minimum Gasteiger partial charge on any atom is -0.394 e. The lowest BCUT2D eigenvalue weighted by molar-refractivity contribution is -0.0432. The Morgan fingerprint density at radius 1 is 1.05 bits per heavy atom. The number of aliphatic imine (C=N–C) groups is 1. The highest BCUT2D eigenvalue weighted by atomic mass is 16.6. The second-order valence-electron chi connectivity index (χ2n) is 10.6. The lowest BCUT2D eigenvalue weighted by Crippen LogP contribution is -2.29. The molecule has 0 unspecified atom stereocenters. The topological polar surface area (TPSA) is 138 Å². The molecule has 0 aliphatic carbocycles. The summed E-state index contributed by atoms with van der Waals surface area (Å²) in [5.74, 6) is 0.234. The van der Waals surface area contributed by atoms with Crippen molar-refractivity contribution in [3.8, 4) is 6.01 Å². The summed E-state index contributed by atoms with van der Waals surface area (Å²) in [6.45, 7) is 5.67. The number of carbonyl (C=O) groups excluding carboxylic acids is 1. The molecule has 44 heavy (non-hydrogen) atoms. The van der Waals surface area contributed by atoms with Gasteiger partial charge in [-0.05, 0) is 37.1 Å². The average molecular weight is 602 g/mol. The third-order valence-corrected chi connectivity index (χ3v) is 7.41. The first-order valence-electron chi connectivity index (χ1n) is 15.1. The molecule has 0 saturated carbocycles. The van der Waals surface area contributed by atoms with E-state index in [0.717, 1.165) is 38.8 Å². The fourth-order valence-electron chi connectivity index (χ4n) is 5.00. The lowest BCUT2D eigenvalue weighted by atomic mass is 10.2. The van der Waals surface area contributed by atoms with Crippen molar-refractivity contribution in [2.75, 3.05) is 24.6 Å². The van der Waals surface area contributed by atoms with E-state index in [1.807, 2.05) is 60.7 Å². The van der Waals surface area contributed by atoms with Crippen LogP contribution in [-0.2, 0) is 4.74 Å². The number of imidazole rings is 1. The molecule has 2 N–H and O–H groups in total. The van der Waals surface area contributed by atoms with Crippen molar-refractivity contribution in [1.82, 2.24) is 24.4 Å². The number of aliphatic hydroxyl groups is 2. The van der Waals surface area contributed by atoms with Crippen molar-refractivity contribution in [2.24, 2.45) is 4.99 Å². The van der Waals surface area contributed by atoms with E-state index in [4.69, 9.17) is 14.5 Å². The fourth-order valence-corrected chi connectivity index (χ4v) is 5.00. The van der Waals surface area contributed by atoms with Gasteiger partial charge in [0.1, 0.15) is 12.3 Å². The van der Waals surface area contributed by atoms with E-state index < -0.39 is 24.5 Å². The van der Waals surface area contributed by atoms with Crippen LogP contribution in [0, 0.1) is 0 Å². The largest absolute Gasteiger partial charge is 0.426 e. The molecule has 0 bridgehead atoms. The van der Waals surface area contributed by atoms with Gasteiger partial charge in [-0.1, -0.05) is 63.1 Å². The van der Waals surface area contributed by atoms with Crippen LogP contribution in [0.15, 0.2) is 72.0 Å². The van der Waals surface area contributed by atoms with Crippen LogP contribution >= 0.6 is 0 Å². The van der Waals surface area contributed by atoms with Gasteiger partial charge in [0, 0.05) is 19.5 Å². The number of unbranched alkanes of at least 4 members (excludes halogenated alkanes) is 2. The molecule has 1 amide bonds. The number of para-hydroxylation sites is 2. The van der Waals surface area contributed by atoms with Gasteiger partial charge in [-0.15, -0.1) is 0 Å². The van der Waals surface area contributed by atoms with Crippen LogP contribution in [0.1, 0.15) is 52.2 Å². The zero-order valence-corrected chi connectivity index (χ0v) is 25.1. The molecular formula is C32H39N7O5. The number of amides is 1. The van der Waals surface area contributed by atoms with Crippen LogP contribution in [0.5, 0.6) is 6.01 Å². The average Bonchev–Trinajstić information content (AvgIpc) is 3.64. The SMILES string of the molecule is CCCCN(C=Nc1nc(OC(=O)N(c2ccccc2)c2ccccc2)nc2c1ncn2[C@H]1C[C@H](O)[C@@H](CO)O1)CCCC. The van der Waals surface area contributed by atoms with Crippen molar-refractivity contribution in [3.05, 3.63) is 67.0 Å². The van der Waals surface area contributed by atoms with Gasteiger partial charge in [0.2, 0.25) is 0 Å². The second kappa shape index (κ2) is 14.9. The van der Waals surface area contributed by atoms with Crippen molar-refractivity contribution < 1.29 is 24.5 Å². The third kappa shape index (κ3) is 7.21. The Bertz CT molecular complexity index is 1480. The summed E-state index contributed by atoms with van der Waals surface area (Å²) in [7, 11) is 0. The van der Waals surface area contributed by atoms with Crippen LogP contribution in [-0.4, -0.2) is 79.0 Å². The summed E-state index contributed by atoms with van der Waals surface area (Å²) in [5, 5.41) is 20.0. The number of hydrogen-bond acceptors (Lipinski definition) is 9. The highest BCUT2D eigenvalue weighted by molar-refractivity contribution is 5.97. The molecule has 1 aliphatic rings. The molecule has 4 aromatic rings. The van der Waals surface area contributed by atoms with Gasteiger partial charge in [-0.25, -0.2) is 19.7 Å². The number of rotatable bonds is 13. The van der Waals surface area contributed by atoms with Crippen LogP contribution in [0.2, 0.25) is 0 Å². The van der Waals surface area contributed by atoms with Crippen molar-refractivity contribution in [3.63, 3.8) is 0 Å². The van der Waals surface area contributed by atoms with Gasteiger partial charge in [0.25, 0.3) is 0 Å². The van der Waals surface area contributed by atoms with Crippen molar-refractivity contribution in [1.29, 1.82) is 0 Å². The maximum absolute atomic E-state index is 13.7. The summed E-state index contributed by atoms with van der Waals surface area (Å²) in [6.07, 6.45) is 4.75. The highest BCUT2D eigenvalue weighted by Crippen LogP contribution is 2.34. The quantitative estimate of drug-likeness (QED) is 0.153. The Morgan fingerprint density at radius 2 is 1.68 bits per heavy atom. The van der Waals surface area contributed by atoms with Gasteiger partial charge in [-0.3, -0.25) is 4.57 Å². The zero-order chi connectivity index (χ0) is 30.9. The molecule has 3 heterocycles. The van der Waals surface area contributed by atoms with E-state index in [1.165, 1.54) is 11.2 Å². The summed E-state index contributed by atoms with van der Waals surface area (Å²) in [5.41, 5.74) is 1.93. The van der Waals surface area contributed by atoms with E-state index in [1.54, 1.807) is 10.9 Å². The predicted molar refractivity (Wildman–Crippen MR) is 168 cm³/mol. The molecule has 3 atom stereocenters. The molecule has 12 nitrogen and oxygen atoms in total. The van der Waals surface area contributed by atoms with E-state index in [9.17, 15) is 15.0 Å². The molecular weight excluding hydrogens is 562 g/mol. The Balaban J connectivity index is 1.53. The van der Waals surface area contributed by atoms with Crippen LogP contribution in [0.25, 0.3) is 11.2 Å². The smallest absolute Gasteiger partial charge is 0.394 e. The Labute approximate surface area is 256 Å². The van der Waals surface area contributed by atoms with Gasteiger partial charge in [0.05, 0.1) is 36.8 Å². The molecule has 2 aromatic carbocycles. The standard InChI is InChI=1S/C32H39N7O5/c1-3-5-17-37(18-6-4-2)21-34-29-28-30(38(22-33-28)27-19-25(41)26(20-40)43-27)36-31(35-29)44-32(42)39(23-13-9-7-10-14-23)24-15-11-8-12-16-24/h7-16,21-22,25-27,40-41H,3-6,17-20H2,1-2H3/t25-,26+,27+/m0/s1. The number of fused-ring (bicyclic) bond motifs is 1. The van der Waals surface area contributed by atoms with Gasteiger partial charge < -0.3 is 24.6 Å². The highest BCUT2D eigenvalue weighted by Gasteiger charge is 2.36. The summed E-state index contributed by atoms with van der Waals surface area (Å²) < 4.78 is 13.3. The number of aromatic nitrogens is 4. The Morgan fingerprint density at radius 3 is 2.25 bits per heavy atom. The first kappa shape index (κ1) is 31.0. The first-order valence-corrected chi connectivity index (χ1v) is 15.1.